The molecule has 7 aromatic carbocycles. The van der Waals surface area contributed by atoms with Crippen molar-refractivity contribution in [2.75, 3.05) is 9.80 Å². The Kier molecular flexibility index (Phi) is 9.42. The van der Waals surface area contributed by atoms with E-state index in [2.05, 4.69) is 45.2 Å². The first-order chi connectivity index (χ1) is 26.9. The lowest BCUT2D eigenvalue weighted by atomic mass is 9.88. The molecular weight excluding hydrogens is 762 g/mol. The van der Waals surface area contributed by atoms with Crippen LogP contribution in [0, 0.1) is 0 Å². The van der Waals surface area contributed by atoms with Crippen LogP contribution in [-0.2, 0) is 0 Å². The summed E-state index contributed by atoms with van der Waals surface area (Å²) in [5.74, 6) is -1.16. The Balaban J connectivity index is 0.000000167. The Morgan fingerprint density at radius 1 is 0.375 bits per heavy atom. The first kappa shape index (κ1) is 36.0. The Hall–Kier alpha value is -7.03. The quantitative estimate of drug-likeness (QED) is 0.166. The van der Waals surface area contributed by atoms with Crippen LogP contribution in [0.4, 0.5) is 11.4 Å². The largest absolute Gasteiger partial charge is 0.268 e. The fraction of sp³-hybridized carbons (Fsp3) is 0.0208. The molecule has 56 heavy (non-hydrogen) atoms. The number of carbonyl (C=O) groups excluding carboxylic acids is 4. The summed E-state index contributed by atoms with van der Waals surface area (Å²) in [5, 5.41) is 3.22. The van der Waals surface area contributed by atoms with Gasteiger partial charge in [-0.2, -0.15) is 0 Å². The number of aromatic nitrogens is 1. The molecular formula is C48H32BrN3O4. The van der Waals surface area contributed by atoms with Crippen LogP contribution in [0.5, 0.6) is 0 Å². The van der Waals surface area contributed by atoms with Crippen molar-refractivity contribution in [1.29, 1.82) is 0 Å². The molecule has 0 fully saturated rings. The summed E-state index contributed by atoms with van der Waals surface area (Å²) >= 11 is 3.48. The van der Waals surface area contributed by atoms with Gasteiger partial charge in [-0.3, -0.25) is 24.2 Å². The lowest BCUT2D eigenvalue weighted by Crippen LogP contribution is -2.40. The third-order valence-electron chi connectivity index (χ3n) is 10.0. The topological polar surface area (TPSA) is 87.6 Å². The lowest BCUT2D eigenvalue weighted by Gasteiger charge is -2.27. The second-order valence-corrected chi connectivity index (χ2v) is 13.9. The second kappa shape index (κ2) is 14.7. The molecule has 3 heterocycles. The van der Waals surface area contributed by atoms with Crippen LogP contribution in [0.25, 0.3) is 43.8 Å². The summed E-state index contributed by atoms with van der Waals surface area (Å²) in [5.41, 5.74) is 7.58. The minimum Gasteiger partial charge on any atom is -0.268 e. The minimum atomic E-state index is -0.297. The van der Waals surface area contributed by atoms with E-state index in [1.54, 1.807) is 54.9 Å². The van der Waals surface area contributed by atoms with Crippen molar-refractivity contribution in [3.05, 3.63) is 197 Å². The highest BCUT2D eigenvalue weighted by molar-refractivity contribution is 9.10. The molecule has 0 radical (unpaired) electrons. The number of hydrogen-bond acceptors (Lipinski definition) is 5. The Morgan fingerprint density at radius 2 is 0.786 bits per heavy atom. The smallest absolute Gasteiger partial charge is 0.265 e. The van der Waals surface area contributed by atoms with Gasteiger partial charge in [-0.25, -0.2) is 9.80 Å². The van der Waals surface area contributed by atoms with Gasteiger partial charge < -0.3 is 0 Å². The molecule has 8 heteroatoms. The van der Waals surface area contributed by atoms with Crippen LogP contribution in [0.1, 0.15) is 48.9 Å². The number of rotatable bonds is 4. The van der Waals surface area contributed by atoms with Gasteiger partial charge in [0, 0.05) is 49.9 Å². The first-order valence-electron chi connectivity index (χ1n) is 17.6. The second-order valence-electron chi connectivity index (χ2n) is 13.1. The molecule has 8 aromatic rings. The molecule has 0 aliphatic carbocycles. The van der Waals surface area contributed by atoms with Crippen molar-refractivity contribution in [3.8, 4) is 22.3 Å². The first-order valence-corrected chi connectivity index (χ1v) is 18.4. The van der Waals surface area contributed by atoms with E-state index in [1.807, 2.05) is 91.0 Å². The van der Waals surface area contributed by atoms with E-state index in [9.17, 15) is 19.2 Å². The number of hydrogen-bond donors (Lipinski definition) is 0. The molecule has 0 saturated heterocycles. The van der Waals surface area contributed by atoms with Crippen LogP contribution in [0.3, 0.4) is 0 Å². The average Bonchev–Trinajstić information content (AvgIpc) is 3.24. The number of halogens is 1. The molecule has 1 aromatic heterocycles. The fourth-order valence-corrected chi connectivity index (χ4v) is 7.88. The van der Waals surface area contributed by atoms with E-state index in [4.69, 9.17) is 0 Å². The molecule has 7 nitrogen and oxygen atoms in total. The summed E-state index contributed by atoms with van der Waals surface area (Å²) < 4.78 is 0.877. The highest BCUT2D eigenvalue weighted by Crippen LogP contribution is 2.39. The molecule has 0 atom stereocenters. The summed E-state index contributed by atoms with van der Waals surface area (Å²) in [6.07, 6.45) is 3.56. The normalized spacial score (nSPS) is 13.0. The van der Waals surface area contributed by atoms with Gasteiger partial charge >= 0.3 is 0 Å². The number of anilines is 2. The standard InChI is InChI=1S/C29H18N2O2.C18H10BrNO2.CH4/c32-28-25-8-4-7-24-23(21-11-9-19(10-12-21)20-15-17-30-18-16-20)13-14-26(27(24)25)29(33)31(28)22-5-2-1-3-6-22;19-15-10-9-14-16-12(15)7-4-8-13(16)17(21)20(18(14)22)11-5-2-1-3-6-11;/h1-18H;1-10H;1H4. The minimum absolute atomic E-state index is 0. The summed E-state index contributed by atoms with van der Waals surface area (Å²) in [4.78, 5) is 58.9. The van der Waals surface area contributed by atoms with E-state index < -0.39 is 0 Å². The van der Waals surface area contributed by atoms with Crippen molar-refractivity contribution < 1.29 is 19.2 Å². The van der Waals surface area contributed by atoms with Gasteiger partial charge in [-0.1, -0.05) is 114 Å². The molecule has 0 bridgehead atoms. The lowest BCUT2D eigenvalue weighted by molar-refractivity contribution is 0.0877. The fourth-order valence-electron chi connectivity index (χ4n) is 7.42. The number of benzene rings is 7. The Labute approximate surface area is 331 Å². The molecule has 0 spiro atoms. The van der Waals surface area contributed by atoms with Crippen LogP contribution < -0.4 is 9.80 Å². The number of imide groups is 2. The van der Waals surface area contributed by atoms with Gasteiger partial charge in [-0.05, 0) is 99.8 Å². The zero-order chi connectivity index (χ0) is 37.6. The van der Waals surface area contributed by atoms with Crippen molar-refractivity contribution in [3.63, 3.8) is 0 Å². The van der Waals surface area contributed by atoms with Gasteiger partial charge in [0.25, 0.3) is 23.6 Å². The number of nitrogens with zero attached hydrogens (tertiary/aromatic N) is 3. The maximum atomic E-state index is 13.4. The van der Waals surface area contributed by atoms with Gasteiger partial charge in [0.2, 0.25) is 0 Å². The number of pyridine rings is 1. The molecule has 0 saturated carbocycles. The molecule has 10 rings (SSSR count). The van der Waals surface area contributed by atoms with E-state index in [0.29, 0.717) is 33.6 Å². The summed E-state index contributed by atoms with van der Waals surface area (Å²) in [6, 6.07) is 48.9. The monoisotopic (exact) mass is 793 g/mol. The molecule has 2 aliphatic rings. The zero-order valence-electron chi connectivity index (χ0n) is 29.0. The highest BCUT2D eigenvalue weighted by Gasteiger charge is 2.35. The highest BCUT2D eigenvalue weighted by atomic mass is 79.9. The molecule has 2 aliphatic heterocycles. The Morgan fingerprint density at radius 3 is 1.32 bits per heavy atom. The van der Waals surface area contributed by atoms with Crippen molar-refractivity contribution >= 4 is 72.5 Å². The zero-order valence-corrected chi connectivity index (χ0v) is 30.6. The van der Waals surface area contributed by atoms with Crippen LogP contribution in [0.15, 0.2) is 175 Å². The van der Waals surface area contributed by atoms with E-state index >= 15 is 0 Å². The van der Waals surface area contributed by atoms with Gasteiger partial charge in [0.15, 0.2) is 0 Å². The average molecular weight is 795 g/mol. The predicted molar refractivity (Wildman–Crippen MR) is 226 cm³/mol. The molecule has 0 N–H and O–H groups in total. The third kappa shape index (κ3) is 5.97. The van der Waals surface area contributed by atoms with Crippen LogP contribution in [-0.4, -0.2) is 28.6 Å². The molecule has 270 valence electrons. The number of carbonyl (C=O) groups is 4. The molecule has 4 amide bonds. The summed E-state index contributed by atoms with van der Waals surface area (Å²) in [6.45, 7) is 0. The molecule has 0 unspecified atom stereocenters. The third-order valence-corrected chi connectivity index (χ3v) is 10.7. The maximum absolute atomic E-state index is 13.4. The maximum Gasteiger partial charge on any atom is 0.265 e. The van der Waals surface area contributed by atoms with Gasteiger partial charge in [0.05, 0.1) is 11.4 Å². The van der Waals surface area contributed by atoms with E-state index in [-0.39, 0.29) is 31.1 Å². The SMILES string of the molecule is C.O=C1c2cccc3c(-c4ccc(-c5ccncc5)cc4)ccc(c23)C(=O)N1c1ccccc1.O=C1c2cccc3c(Br)ccc(c23)C(=O)N1c1ccccc1. The van der Waals surface area contributed by atoms with Gasteiger partial charge in [0.1, 0.15) is 0 Å². The van der Waals surface area contributed by atoms with Gasteiger partial charge in [-0.15, -0.1) is 0 Å². The van der Waals surface area contributed by atoms with E-state index in [1.165, 1.54) is 9.80 Å². The van der Waals surface area contributed by atoms with Crippen LogP contribution in [0.2, 0.25) is 0 Å². The van der Waals surface area contributed by atoms with Crippen molar-refractivity contribution in [2.24, 2.45) is 0 Å². The Bertz CT molecular complexity index is 2800. The predicted octanol–water partition coefficient (Wildman–Crippen LogP) is 11.4. The number of para-hydroxylation sites is 2. The van der Waals surface area contributed by atoms with Crippen molar-refractivity contribution in [1.82, 2.24) is 4.98 Å². The summed E-state index contributed by atoms with van der Waals surface area (Å²) in [7, 11) is 0. The number of amides is 4. The van der Waals surface area contributed by atoms with E-state index in [0.717, 1.165) is 48.3 Å². The van der Waals surface area contributed by atoms with Crippen LogP contribution >= 0.6 is 15.9 Å². The van der Waals surface area contributed by atoms with Crippen molar-refractivity contribution in [2.45, 2.75) is 7.43 Å².